The van der Waals surface area contributed by atoms with Gasteiger partial charge in [-0.15, -0.1) is 11.3 Å². The Morgan fingerprint density at radius 1 is 1.29 bits per heavy atom. The van der Waals surface area contributed by atoms with E-state index in [0.717, 1.165) is 17.1 Å². The molecule has 2 rings (SSSR count). The summed E-state index contributed by atoms with van der Waals surface area (Å²) in [7, 11) is 4.04. The lowest BCUT2D eigenvalue weighted by Gasteiger charge is -2.28. The highest BCUT2D eigenvalue weighted by atomic mass is 32.1. The molecule has 0 spiro atoms. The normalized spacial score (nSPS) is 11.8. The number of rotatable bonds is 6. The average Bonchev–Trinajstić information content (AvgIpc) is 2.86. The minimum atomic E-state index is -0.284. The second kappa shape index (κ2) is 7.40. The van der Waals surface area contributed by atoms with Crippen LogP contribution in [0.1, 0.15) is 29.2 Å². The minimum Gasteiger partial charge on any atom is -0.351 e. The average molecular weight is 349 g/mol. The molecule has 1 aromatic heterocycles. The van der Waals surface area contributed by atoms with E-state index in [0.29, 0.717) is 17.1 Å². The summed E-state index contributed by atoms with van der Waals surface area (Å²) in [6, 6.07) is 6.15. The summed E-state index contributed by atoms with van der Waals surface area (Å²) in [5.41, 5.74) is 1.50. The van der Waals surface area contributed by atoms with Crippen molar-refractivity contribution in [3.63, 3.8) is 0 Å². The van der Waals surface area contributed by atoms with E-state index in [1.165, 1.54) is 23.5 Å². The van der Waals surface area contributed by atoms with Gasteiger partial charge in [-0.05, 0) is 50.7 Å². The monoisotopic (exact) mass is 349 g/mol. The van der Waals surface area contributed by atoms with Gasteiger partial charge in [0, 0.05) is 18.7 Å². The van der Waals surface area contributed by atoms with Crippen LogP contribution >= 0.6 is 11.3 Å². The van der Waals surface area contributed by atoms with Gasteiger partial charge in [-0.25, -0.2) is 9.37 Å². The van der Waals surface area contributed by atoms with Gasteiger partial charge in [0.05, 0.1) is 5.69 Å². The molecule has 0 bridgehead atoms. The summed E-state index contributed by atoms with van der Waals surface area (Å²) >= 11 is 1.34. The largest absolute Gasteiger partial charge is 0.351 e. The first-order valence-electron chi connectivity index (χ1n) is 7.84. The molecule has 1 heterocycles. The van der Waals surface area contributed by atoms with Crippen molar-refractivity contribution in [2.24, 2.45) is 5.41 Å². The van der Waals surface area contributed by atoms with Crippen LogP contribution in [-0.4, -0.2) is 43.0 Å². The highest BCUT2D eigenvalue weighted by Gasteiger charge is 2.22. The van der Waals surface area contributed by atoms with Crippen molar-refractivity contribution in [3.05, 3.63) is 40.7 Å². The quantitative estimate of drug-likeness (QED) is 0.867. The molecule has 0 atom stereocenters. The predicted octanol–water partition coefficient (Wildman–Crippen LogP) is 3.58. The Kier molecular flexibility index (Phi) is 5.72. The van der Waals surface area contributed by atoms with E-state index < -0.39 is 0 Å². The molecule has 130 valence electrons. The van der Waals surface area contributed by atoms with Crippen LogP contribution in [0.15, 0.2) is 24.3 Å². The molecule has 2 aromatic rings. The van der Waals surface area contributed by atoms with Crippen LogP contribution in [0.2, 0.25) is 0 Å². The van der Waals surface area contributed by atoms with E-state index in [2.05, 4.69) is 29.0 Å². The van der Waals surface area contributed by atoms with Gasteiger partial charge in [-0.1, -0.05) is 13.8 Å². The van der Waals surface area contributed by atoms with Gasteiger partial charge < -0.3 is 10.2 Å². The number of hydrogen-bond acceptors (Lipinski definition) is 4. The third-order valence-electron chi connectivity index (χ3n) is 3.57. The SMILES string of the molecule is Cc1nc(-c2ccc(F)cc2)sc1C(=O)NCC(C)(C)CN(C)C. The number of thiazole rings is 1. The number of nitrogens with zero attached hydrogens (tertiary/aromatic N) is 2. The number of carbonyl (C=O) groups excluding carboxylic acids is 1. The fraction of sp³-hybridized carbons (Fsp3) is 0.444. The van der Waals surface area contributed by atoms with Crippen molar-refractivity contribution in [1.29, 1.82) is 0 Å². The van der Waals surface area contributed by atoms with Gasteiger partial charge >= 0.3 is 0 Å². The molecule has 6 heteroatoms. The molecule has 0 saturated carbocycles. The molecule has 24 heavy (non-hydrogen) atoms. The Hall–Kier alpha value is -1.79. The third kappa shape index (κ3) is 4.85. The molecule has 0 aliphatic rings. The zero-order valence-electron chi connectivity index (χ0n) is 14.8. The third-order valence-corrected chi connectivity index (χ3v) is 4.77. The number of benzene rings is 1. The number of aromatic nitrogens is 1. The van der Waals surface area contributed by atoms with Crippen molar-refractivity contribution in [2.75, 3.05) is 27.2 Å². The number of carbonyl (C=O) groups is 1. The number of halogens is 1. The molecule has 1 aromatic carbocycles. The lowest BCUT2D eigenvalue weighted by Crippen LogP contribution is -2.39. The molecule has 0 saturated heterocycles. The fourth-order valence-corrected chi connectivity index (χ4v) is 3.62. The molecule has 1 N–H and O–H groups in total. The molecular weight excluding hydrogens is 325 g/mol. The lowest BCUT2D eigenvalue weighted by atomic mass is 9.93. The van der Waals surface area contributed by atoms with Gasteiger partial charge in [0.15, 0.2) is 0 Å². The Morgan fingerprint density at radius 3 is 2.50 bits per heavy atom. The zero-order valence-corrected chi connectivity index (χ0v) is 15.6. The summed E-state index contributed by atoms with van der Waals surface area (Å²) in [4.78, 5) is 19.6. The van der Waals surface area contributed by atoms with Crippen LogP contribution in [0.4, 0.5) is 4.39 Å². The maximum Gasteiger partial charge on any atom is 0.263 e. The van der Waals surface area contributed by atoms with Gasteiger partial charge in [0.2, 0.25) is 0 Å². The Labute approximate surface area is 146 Å². The Morgan fingerprint density at radius 2 is 1.92 bits per heavy atom. The highest BCUT2D eigenvalue weighted by molar-refractivity contribution is 7.17. The van der Waals surface area contributed by atoms with Crippen molar-refractivity contribution in [2.45, 2.75) is 20.8 Å². The van der Waals surface area contributed by atoms with E-state index in [4.69, 9.17) is 0 Å². The van der Waals surface area contributed by atoms with Crippen LogP contribution in [0.5, 0.6) is 0 Å². The summed E-state index contributed by atoms with van der Waals surface area (Å²) in [5, 5.41) is 3.73. The summed E-state index contributed by atoms with van der Waals surface area (Å²) in [6.45, 7) is 7.54. The second-order valence-corrected chi connectivity index (χ2v) is 8.02. The maximum absolute atomic E-state index is 13.0. The van der Waals surface area contributed by atoms with Gasteiger partial charge in [0.25, 0.3) is 5.91 Å². The lowest BCUT2D eigenvalue weighted by molar-refractivity contribution is 0.0932. The summed E-state index contributed by atoms with van der Waals surface area (Å²) in [6.07, 6.45) is 0. The standard InChI is InChI=1S/C18H24FN3OS/c1-12-15(16(23)20-10-18(2,3)11-22(4)5)24-17(21-12)13-6-8-14(19)9-7-13/h6-9H,10-11H2,1-5H3,(H,20,23). The minimum absolute atomic E-state index is 0.0163. The Balaban J connectivity index is 2.09. The maximum atomic E-state index is 13.0. The van der Waals surface area contributed by atoms with Crippen molar-refractivity contribution >= 4 is 17.2 Å². The smallest absolute Gasteiger partial charge is 0.263 e. The van der Waals surface area contributed by atoms with Crippen LogP contribution < -0.4 is 5.32 Å². The molecule has 0 aliphatic carbocycles. The van der Waals surface area contributed by atoms with E-state index in [1.54, 1.807) is 12.1 Å². The molecule has 0 fully saturated rings. The summed E-state index contributed by atoms with van der Waals surface area (Å²) in [5.74, 6) is -0.390. The van der Waals surface area contributed by atoms with E-state index in [9.17, 15) is 9.18 Å². The first-order chi connectivity index (χ1) is 11.2. The predicted molar refractivity (Wildman–Crippen MR) is 96.9 cm³/mol. The van der Waals surface area contributed by atoms with Crippen LogP contribution in [0.25, 0.3) is 10.6 Å². The molecule has 0 aliphatic heterocycles. The van der Waals surface area contributed by atoms with Crippen LogP contribution in [0, 0.1) is 18.2 Å². The van der Waals surface area contributed by atoms with Crippen molar-refractivity contribution < 1.29 is 9.18 Å². The zero-order chi connectivity index (χ0) is 17.9. The summed E-state index contributed by atoms with van der Waals surface area (Å²) < 4.78 is 13.0. The topological polar surface area (TPSA) is 45.2 Å². The number of amides is 1. The van der Waals surface area contributed by atoms with E-state index in [1.807, 2.05) is 21.0 Å². The Bertz CT molecular complexity index is 708. The van der Waals surface area contributed by atoms with Crippen LogP contribution in [-0.2, 0) is 0 Å². The van der Waals surface area contributed by atoms with Crippen molar-refractivity contribution in [3.8, 4) is 10.6 Å². The number of nitrogens with one attached hydrogen (secondary N) is 1. The molecular formula is C18H24FN3OS. The highest BCUT2D eigenvalue weighted by Crippen LogP contribution is 2.28. The number of hydrogen-bond donors (Lipinski definition) is 1. The molecule has 1 amide bonds. The fourth-order valence-electron chi connectivity index (χ4n) is 2.63. The molecule has 0 unspecified atom stereocenters. The van der Waals surface area contributed by atoms with Crippen molar-refractivity contribution in [1.82, 2.24) is 15.2 Å². The molecule has 4 nitrogen and oxygen atoms in total. The van der Waals surface area contributed by atoms with E-state index >= 15 is 0 Å². The van der Waals surface area contributed by atoms with Gasteiger partial charge in [-0.3, -0.25) is 4.79 Å². The first-order valence-corrected chi connectivity index (χ1v) is 8.66. The van der Waals surface area contributed by atoms with Crippen LogP contribution in [0.3, 0.4) is 0 Å². The van der Waals surface area contributed by atoms with Gasteiger partial charge in [-0.2, -0.15) is 0 Å². The van der Waals surface area contributed by atoms with E-state index in [-0.39, 0.29) is 17.1 Å². The second-order valence-electron chi connectivity index (χ2n) is 7.03. The first kappa shape index (κ1) is 18.5. The number of aryl methyl sites for hydroxylation is 1. The van der Waals surface area contributed by atoms with Gasteiger partial charge in [0.1, 0.15) is 15.7 Å². The molecule has 0 radical (unpaired) electrons.